The molecule has 2 rings (SSSR count). The lowest BCUT2D eigenvalue weighted by Crippen LogP contribution is -2.27. The van der Waals surface area contributed by atoms with Crippen LogP contribution in [-0.2, 0) is 10.3 Å². The quantitative estimate of drug-likeness (QED) is 0.674. The largest absolute Gasteiger partial charge is 0.496 e. The number of hydrogen-bond donors (Lipinski definition) is 0. The first-order valence-electron chi connectivity index (χ1n) is 8.31. The zero-order valence-electron chi connectivity index (χ0n) is 16.4. The van der Waals surface area contributed by atoms with Crippen LogP contribution >= 0.6 is 0 Å². The fourth-order valence-electron chi connectivity index (χ4n) is 2.40. The van der Waals surface area contributed by atoms with E-state index in [2.05, 4.69) is 6.07 Å². The van der Waals surface area contributed by atoms with E-state index in [0.717, 1.165) is 32.3 Å². The Morgan fingerprint density at radius 2 is 1.44 bits per heavy atom. The molecule has 0 aliphatic rings. The van der Waals surface area contributed by atoms with Gasteiger partial charge < -0.3 is 13.7 Å². The lowest BCUT2D eigenvalue weighted by Gasteiger charge is -2.14. The molecule has 0 aliphatic carbocycles. The molecule has 6 nitrogen and oxygen atoms in total. The molecule has 2 aromatic carbocycles. The minimum absolute atomic E-state index is 0.131. The summed E-state index contributed by atoms with van der Waals surface area (Å²) in [6, 6.07) is 9.13. The zero-order chi connectivity index (χ0) is 20.2. The summed E-state index contributed by atoms with van der Waals surface area (Å²) in [7, 11) is 2.03. The van der Waals surface area contributed by atoms with E-state index >= 15 is 0 Å². The Labute approximate surface area is 161 Å². The Hall–Kier alpha value is -2.51. The molecule has 0 heterocycles. The van der Waals surface area contributed by atoms with Gasteiger partial charge in [0.05, 0.1) is 14.2 Å². The van der Waals surface area contributed by atoms with Crippen molar-refractivity contribution in [3.63, 3.8) is 0 Å². The van der Waals surface area contributed by atoms with E-state index in [0.29, 0.717) is 5.75 Å². The molecular formula is C20H25NO5S. The third-order valence-corrected chi connectivity index (χ3v) is 5.44. The highest BCUT2D eigenvalue weighted by atomic mass is 32.2. The van der Waals surface area contributed by atoms with Gasteiger partial charge in [-0.15, -0.1) is 0 Å². The number of nitrogens with zero attached hydrogens (tertiary/aromatic N) is 1. The highest BCUT2D eigenvalue weighted by Gasteiger charge is 2.18. The number of aryl methyl sites for hydroxylation is 1. The molecule has 0 saturated carbocycles. The van der Waals surface area contributed by atoms with Crippen LogP contribution in [0.4, 0.5) is 0 Å². The van der Waals surface area contributed by atoms with Crippen molar-refractivity contribution in [3.05, 3.63) is 52.6 Å². The third-order valence-electron chi connectivity index (χ3n) is 4.16. The Morgan fingerprint density at radius 1 is 0.852 bits per heavy atom. The molecule has 0 amide bonds. The van der Waals surface area contributed by atoms with E-state index in [1.165, 1.54) is 21.2 Å². The molecule has 0 aliphatic heterocycles. The fourth-order valence-corrected chi connectivity index (χ4v) is 2.91. The van der Waals surface area contributed by atoms with Gasteiger partial charge in [0.25, 0.3) is 0 Å². The fraction of sp³-hybridized carbons (Fsp3) is 0.300. The number of rotatable bonds is 7. The summed E-state index contributed by atoms with van der Waals surface area (Å²) in [5.74, 6) is 1.29. The molecule has 7 heteroatoms. The molecule has 27 heavy (non-hydrogen) atoms. The molecule has 0 radical (unpaired) electrons. The predicted molar refractivity (Wildman–Crippen MR) is 108 cm³/mol. The van der Waals surface area contributed by atoms with E-state index in [1.807, 2.05) is 38.1 Å². The Morgan fingerprint density at radius 3 is 2.04 bits per heavy atom. The second-order valence-corrected chi connectivity index (χ2v) is 7.98. The van der Waals surface area contributed by atoms with Crippen molar-refractivity contribution in [2.24, 2.45) is 0 Å². The van der Waals surface area contributed by atoms with Crippen LogP contribution in [0.3, 0.4) is 0 Å². The Kier molecular flexibility index (Phi) is 6.51. The molecule has 0 fully saturated rings. The predicted octanol–water partition coefficient (Wildman–Crippen LogP) is 3.68. The molecule has 0 bridgehead atoms. The molecule has 0 unspecified atom stereocenters. The van der Waals surface area contributed by atoms with Crippen molar-refractivity contribution in [2.75, 3.05) is 28.3 Å². The van der Waals surface area contributed by atoms with Crippen LogP contribution in [0.2, 0.25) is 0 Å². The van der Waals surface area contributed by atoms with Crippen LogP contribution in [0, 0.1) is 13.8 Å². The molecule has 0 saturated heterocycles. The van der Waals surface area contributed by atoms with E-state index in [1.54, 1.807) is 19.2 Å². The maximum Gasteiger partial charge on any atom is 0.384 e. The topological polar surface area (TPSA) is 65.1 Å². The van der Waals surface area contributed by atoms with Gasteiger partial charge in [-0.25, -0.2) is 0 Å². The van der Waals surface area contributed by atoms with Gasteiger partial charge in [-0.05, 0) is 54.3 Å². The first-order valence-corrected chi connectivity index (χ1v) is 9.67. The lowest BCUT2D eigenvalue weighted by atomic mass is 10.0. The van der Waals surface area contributed by atoms with Crippen LogP contribution in [0.15, 0.2) is 30.3 Å². The summed E-state index contributed by atoms with van der Waals surface area (Å²) in [5, 5.41) is 0. The van der Waals surface area contributed by atoms with E-state index in [-0.39, 0.29) is 5.75 Å². The second kappa shape index (κ2) is 8.45. The van der Waals surface area contributed by atoms with Gasteiger partial charge in [0.2, 0.25) is 0 Å². The van der Waals surface area contributed by atoms with E-state index in [9.17, 15) is 8.42 Å². The number of benzene rings is 2. The number of hydrogen-bond acceptors (Lipinski definition) is 5. The van der Waals surface area contributed by atoms with Gasteiger partial charge >= 0.3 is 10.3 Å². The first-order chi connectivity index (χ1) is 12.7. The highest BCUT2D eigenvalue weighted by Crippen LogP contribution is 2.31. The summed E-state index contributed by atoms with van der Waals surface area (Å²) in [6.07, 6.45) is 3.80. The lowest BCUT2D eigenvalue weighted by molar-refractivity contribution is 0.376. The number of ether oxygens (including phenoxy) is 2. The van der Waals surface area contributed by atoms with Crippen molar-refractivity contribution in [1.29, 1.82) is 0 Å². The average molecular weight is 391 g/mol. The SMILES string of the molecule is COc1ccc(/C=C\c2cc(C)c(C)c(OC)c2)cc1OS(=O)(=O)N(C)C. The molecular weight excluding hydrogens is 366 g/mol. The first kappa shape index (κ1) is 20.8. The summed E-state index contributed by atoms with van der Waals surface area (Å²) < 4.78 is 40.8. The summed E-state index contributed by atoms with van der Waals surface area (Å²) >= 11 is 0. The molecule has 0 spiro atoms. The van der Waals surface area contributed by atoms with Crippen LogP contribution < -0.4 is 13.7 Å². The van der Waals surface area contributed by atoms with Gasteiger partial charge in [0, 0.05) is 14.1 Å². The van der Waals surface area contributed by atoms with Crippen molar-refractivity contribution in [1.82, 2.24) is 4.31 Å². The van der Waals surface area contributed by atoms with Crippen LogP contribution in [-0.4, -0.2) is 41.0 Å². The monoisotopic (exact) mass is 391 g/mol. The van der Waals surface area contributed by atoms with Crippen LogP contribution in [0.1, 0.15) is 22.3 Å². The van der Waals surface area contributed by atoms with Crippen LogP contribution in [0.25, 0.3) is 12.2 Å². The van der Waals surface area contributed by atoms with Gasteiger partial charge in [-0.1, -0.05) is 24.3 Å². The minimum atomic E-state index is -3.87. The maximum atomic E-state index is 12.0. The summed E-state index contributed by atoms with van der Waals surface area (Å²) in [4.78, 5) is 0. The molecule has 146 valence electrons. The maximum absolute atomic E-state index is 12.0. The standard InChI is InChI=1S/C20H25NO5S/c1-14-11-17(13-19(25-6)15(14)2)8-7-16-9-10-18(24-5)20(12-16)26-27(22,23)21(3)4/h7-13H,1-6H3/b8-7-. The normalized spacial score (nSPS) is 11.8. The van der Waals surface area contributed by atoms with Crippen molar-refractivity contribution >= 4 is 22.5 Å². The average Bonchev–Trinajstić information content (AvgIpc) is 2.62. The number of methoxy groups -OCH3 is 2. The molecule has 0 aromatic heterocycles. The molecule has 2 aromatic rings. The summed E-state index contributed by atoms with van der Waals surface area (Å²) in [6.45, 7) is 4.04. The second-order valence-electron chi connectivity index (χ2n) is 6.23. The zero-order valence-corrected chi connectivity index (χ0v) is 17.3. The van der Waals surface area contributed by atoms with Crippen molar-refractivity contribution in [3.8, 4) is 17.2 Å². The third kappa shape index (κ3) is 5.02. The van der Waals surface area contributed by atoms with E-state index < -0.39 is 10.3 Å². The van der Waals surface area contributed by atoms with E-state index in [4.69, 9.17) is 13.7 Å². The van der Waals surface area contributed by atoms with Gasteiger partial charge in [0.15, 0.2) is 11.5 Å². The smallest absolute Gasteiger partial charge is 0.384 e. The highest BCUT2D eigenvalue weighted by molar-refractivity contribution is 7.84. The summed E-state index contributed by atoms with van der Waals surface area (Å²) in [5.41, 5.74) is 3.99. The minimum Gasteiger partial charge on any atom is -0.496 e. The molecule has 0 atom stereocenters. The van der Waals surface area contributed by atoms with Crippen molar-refractivity contribution in [2.45, 2.75) is 13.8 Å². The van der Waals surface area contributed by atoms with Gasteiger partial charge in [-0.3, -0.25) is 0 Å². The van der Waals surface area contributed by atoms with Crippen molar-refractivity contribution < 1.29 is 22.1 Å². The Balaban J connectivity index is 2.36. The van der Waals surface area contributed by atoms with Gasteiger partial charge in [-0.2, -0.15) is 12.7 Å². The van der Waals surface area contributed by atoms with Crippen LogP contribution in [0.5, 0.6) is 17.2 Å². The molecule has 0 N–H and O–H groups in total. The van der Waals surface area contributed by atoms with Gasteiger partial charge in [0.1, 0.15) is 5.75 Å². The Bertz CT molecular complexity index is 949.